The lowest BCUT2D eigenvalue weighted by molar-refractivity contribution is -0.284. The third-order valence-electron chi connectivity index (χ3n) is 11.3. The molecule has 4 saturated carbocycles. The lowest BCUT2D eigenvalue weighted by atomic mass is 9.41. The van der Waals surface area contributed by atoms with Crippen molar-refractivity contribution in [2.45, 2.75) is 110 Å². The molecule has 4 fully saturated rings. The second kappa shape index (κ2) is 9.29. The third kappa shape index (κ3) is 4.24. The van der Waals surface area contributed by atoms with Crippen molar-refractivity contribution >= 4 is 5.97 Å². The molecule has 35 heavy (non-hydrogen) atoms. The molecule has 12 unspecified atom stereocenters. The molecule has 198 valence electrons. The van der Waals surface area contributed by atoms with Gasteiger partial charge in [-0.1, -0.05) is 52.0 Å². The molecule has 0 saturated heterocycles. The molecule has 0 amide bonds. The minimum Gasteiger partial charge on any atom is -0.462 e. The van der Waals surface area contributed by atoms with Crippen molar-refractivity contribution in [2.24, 2.45) is 46.3 Å². The van der Waals surface area contributed by atoms with E-state index in [2.05, 4.69) is 53.3 Å². The van der Waals surface area contributed by atoms with Gasteiger partial charge in [-0.2, -0.15) is 0 Å². The van der Waals surface area contributed by atoms with E-state index < -0.39 is 23.2 Å². The summed E-state index contributed by atoms with van der Waals surface area (Å²) in [5.74, 6) is 1.53. The SMILES string of the molecule is C=C(C)C(C)C=CC(C)C1CCC2C3CC(O)C4(O)CC(O)CCC4(C)C3C(OC(C)=O)CC12C. The number of carbonyl (C=O) groups is 1. The predicted molar refractivity (Wildman–Crippen MR) is 137 cm³/mol. The summed E-state index contributed by atoms with van der Waals surface area (Å²) in [7, 11) is 0. The van der Waals surface area contributed by atoms with Crippen LogP contribution in [0.25, 0.3) is 0 Å². The molecule has 4 aliphatic rings. The molecule has 0 bridgehead atoms. The van der Waals surface area contributed by atoms with E-state index >= 15 is 0 Å². The van der Waals surface area contributed by atoms with Crippen LogP contribution in [0.1, 0.15) is 86.5 Å². The van der Waals surface area contributed by atoms with Gasteiger partial charge in [0.05, 0.1) is 17.8 Å². The Balaban J connectivity index is 1.70. The van der Waals surface area contributed by atoms with Crippen molar-refractivity contribution < 1.29 is 24.9 Å². The fraction of sp³-hybridized carbons (Fsp3) is 0.833. The summed E-state index contributed by atoms with van der Waals surface area (Å²) < 4.78 is 6.09. The standard InChI is InChI=1S/C30H48O5/c1-17(2)18(3)8-9-19(4)23-10-11-24-22-14-26(33)30(34)15-21(32)12-13-29(30,7)27(22)25(35-20(5)31)16-28(23,24)6/h8-9,18-19,21-27,32-34H,1,10-16H2,2-7H3. The van der Waals surface area contributed by atoms with Crippen molar-refractivity contribution in [1.82, 2.24) is 0 Å². The van der Waals surface area contributed by atoms with E-state index in [0.29, 0.717) is 42.9 Å². The number of ether oxygens (including phenoxy) is 1. The first kappa shape index (κ1) is 26.9. The normalized spacial score (nSPS) is 49.0. The van der Waals surface area contributed by atoms with Crippen molar-refractivity contribution in [2.75, 3.05) is 0 Å². The Kier molecular flexibility index (Phi) is 7.14. The number of hydrogen-bond acceptors (Lipinski definition) is 5. The monoisotopic (exact) mass is 488 g/mol. The zero-order valence-corrected chi connectivity index (χ0v) is 22.7. The number of esters is 1. The molecule has 0 aromatic rings. The van der Waals surface area contributed by atoms with Crippen LogP contribution in [0.3, 0.4) is 0 Å². The van der Waals surface area contributed by atoms with Gasteiger partial charge >= 0.3 is 5.97 Å². The van der Waals surface area contributed by atoms with Gasteiger partial charge in [-0.15, -0.1) is 0 Å². The molecule has 5 heteroatoms. The van der Waals surface area contributed by atoms with E-state index in [1.54, 1.807) is 0 Å². The summed E-state index contributed by atoms with van der Waals surface area (Å²) >= 11 is 0. The fourth-order valence-corrected chi connectivity index (χ4v) is 9.21. The Morgan fingerprint density at radius 1 is 1.09 bits per heavy atom. The smallest absolute Gasteiger partial charge is 0.302 e. The van der Waals surface area contributed by atoms with Crippen LogP contribution < -0.4 is 0 Å². The topological polar surface area (TPSA) is 87.0 Å². The second-order valence-electron chi connectivity index (χ2n) is 13.2. The van der Waals surface area contributed by atoms with Gasteiger partial charge < -0.3 is 20.1 Å². The van der Waals surface area contributed by atoms with Gasteiger partial charge in [0.15, 0.2) is 0 Å². The molecule has 0 spiro atoms. The molecular formula is C30H48O5. The molecule has 0 heterocycles. The minimum atomic E-state index is -1.36. The number of aliphatic hydroxyl groups is 3. The molecule has 4 rings (SSSR count). The minimum absolute atomic E-state index is 0.00276. The van der Waals surface area contributed by atoms with Crippen LogP contribution in [0.5, 0.6) is 0 Å². The average molecular weight is 489 g/mol. The largest absolute Gasteiger partial charge is 0.462 e. The Labute approximate surface area is 212 Å². The van der Waals surface area contributed by atoms with E-state index in [-0.39, 0.29) is 35.7 Å². The summed E-state index contributed by atoms with van der Waals surface area (Å²) in [6.07, 6.45) is 7.81. The van der Waals surface area contributed by atoms with Gasteiger partial charge in [0.1, 0.15) is 6.10 Å². The van der Waals surface area contributed by atoms with E-state index in [1.807, 2.05) is 0 Å². The summed E-state index contributed by atoms with van der Waals surface area (Å²) in [5, 5.41) is 33.6. The van der Waals surface area contributed by atoms with Crippen molar-refractivity contribution in [3.8, 4) is 0 Å². The molecule has 0 aliphatic heterocycles. The van der Waals surface area contributed by atoms with Crippen LogP contribution in [-0.2, 0) is 9.53 Å². The Bertz CT molecular complexity index is 867. The lowest BCUT2D eigenvalue weighted by Crippen LogP contribution is -2.71. The number of allylic oxidation sites excluding steroid dienone is 3. The zero-order valence-electron chi connectivity index (χ0n) is 22.7. The highest BCUT2D eigenvalue weighted by Crippen LogP contribution is 2.69. The van der Waals surface area contributed by atoms with Gasteiger partial charge in [-0.05, 0) is 80.5 Å². The molecule has 12 atom stereocenters. The first-order chi connectivity index (χ1) is 16.2. The maximum absolute atomic E-state index is 12.3. The molecule has 4 aliphatic carbocycles. The van der Waals surface area contributed by atoms with Crippen LogP contribution in [-0.4, -0.2) is 45.2 Å². The Hall–Kier alpha value is -1.17. The van der Waals surface area contributed by atoms with Crippen molar-refractivity contribution in [3.63, 3.8) is 0 Å². The quantitative estimate of drug-likeness (QED) is 0.373. The maximum atomic E-state index is 12.3. The van der Waals surface area contributed by atoms with E-state index in [0.717, 1.165) is 24.8 Å². The van der Waals surface area contributed by atoms with Gasteiger partial charge in [0.25, 0.3) is 0 Å². The molecule has 0 radical (unpaired) electrons. The summed E-state index contributed by atoms with van der Waals surface area (Å²) in [5.41, 5.74) is -0.799. The Morgan fingerprint density at radius 2 is 1.77 bits per heavy atom. The van der Waals surface area contributed by atoms with Gasteiger partial charge in [-0.3, -0.25) is 4.79 Å². The number of carbonyl (C=O) groups excluding carboxylic acids is 1. The summed E-state index contributed by atoms with van der Waals surface area (Å²) in [6, 6.07) is 0. The molecule has 5 nitrogen and oxygen atoms in total. The maximum Gasteiger partial charge on any atom is 0.302 e. The Morgan fingerprint density at radius 3 is 2.40 bits per heavy atom. The lowest BCUT2D eigenvalue weighted by Gasteiger charge is -2.66. The zero-order chi connectivity index (χ0) is 25.9. The first-order valence-electron chi connectivity index (χ1n) is 13.8. The van der Waals surface area contributed by atoms with Crippen LogP contribution >= 0.6 is 0 Å². The fourth-order valence-electron chi connectivity index (χ4n) is 9.21. The number of hydrogen-bond donors (Lipinski definition) is 3. The molecule has 3 N–H and O–H groups in total. The molecular weight excluding hydrogens is 440 g/mol. The van der Waals surface area contributed by atoms with Gasteiger partial charge in [0, 0.05) is 24.7 Å². The number of fused-ring (bicyclic) bond motifs is 5. The predicted octanol–water partition coefficient (Wildman–Crippen LogP) is 5.04. The van der Waals surface area contributed by atoms with Crippen molar-refractivity contribution in [3.05, 3.63) is 24.3 Å². The second-order valence-corrected chi connectivity index (χ2v) is 13.2. The van der Waals surface area contributed by atoms with E-state index in [1.165, 1.54) is 6.92 Å². The molecule has 0 aromatic heterocycles. The highest BCUT2D eigenvalue weighted by Gasteiger charge is 2.70. The van der Waals surface area contributed by atoms with Crippen LogP contribution in [0, 0.1) is 46.3 Å². The molecule has 0 aromatic carbocycles. The number of aliphatic hydroxyl groups excluding tert-OH is 2. The van der Waals surface area contributed by atoms with Crippen LogP contribution in [0.2, 0.25) is 0 Å². The van der Waals surface area contributed by atoms with Gasteiger partial charge in [0.2, 0.25) is 0 Å². The summed E-state index contributed by atoms with van der Waals surface area (Å²) in [6.45, 7) is 16.6. The summed E-state index contributed by atoms with van der Waals surface area (Å²) in [4.78, 5) is 12.3. The van der Waals surface area contributed by atoms with E-state index in [9.17, 15) is 20.1 Å². The highest BCUT2D eigenvalue weighted by molar-refractivity contribution is 5.66. The van der Waals surface area contributed by atoms with Gasteiger partial charge in [-0.25, -0.2) is 0 Å². The van der Waals surface area contributed by atoms with Crippen LogP contribution in [0.4, 0.5) is 0 Å². The average Bonchev–Trinajstić information content (AvgIpc) is 3.10. The highest BCUT2D eigenvalue weighted by atomic mass is 16.5. The third-order valence-corrected chi connectivity index (χ3v) is 11.3. The first-order valence-corrected chi connectivity index (χ1v) is 13.8. The number of rotatable bonds is 5. The van der Waals surface area contributed by atoms with E-state index in [4.69, 9.17) is 4.74 Å². The van der Waals surface area contributed by atoms with Crippen LogP contribution in [0.15, 0.2) is 24.3 Å². The van der Waals surface area contributed by atoms with Crippen molar-refractivity contribution in [1.29, 1.82) is 0 Å².